The van der Waals surface area contributed by atoms with Crippen molar-refractivity contribution in [2.45, 2.75) is 0 Å². The first-order valence-corrected chi connectivity index (χ1v) is 5.62. The van der Waals surface area contributed by atoms with Crippen LogP contribution in [0.3, 0.4) is 0 Å². The van der Waals surface area contributed by atoms with E-state index < -0.39 is 0 Å². The second-order valence-corrected chi connectivity index (χ2v) is 7.99. The average molecular weight is 90.1 g/mol. The van der Waals surface area contributed by atoms with Crippen LogP contribution in [0.15, 0.2) is 0 Å². The molecule has 0 aromatic rings. The van der Waals surface area contributed by atoms with Gasteiger partial charge in [0, 0.05) is 0 Å². The van der Waals surface area contributed by atoms with Gasteiger partial charge in [-0.2, -0.15) is 0 Å². The van der Waals surface area contributed by atoms with E-state index in [0.29, 0.717) is 0 Å². The summed E-state index contributed by atoms with van der Waals surface area (Å²) in [6, 6.07) is 0. The van der Waals surface area contributed by atoms with Gasteiger partial charge in [-0.1, -0.05) is 0 Å². The van der Waals surface area contributed by atoms with Crippen molar-refractivity contribution in [1.82, 2.24) is 0 Å². The van der Waals surface area contributed by atoms with Gasteiger partial charge in [-0.05, 0) is 0 Å². The van der Waals surface area contributed by atoms with Crippen LogP contribution in [0, 0.1) is 0 Å². The summed E-state index contributed by atoms with van der Waals surface area (Å²) in [7, 11) is -0.361. The fourth-order valence-corrected chi connectivity index (χ4v) is 2.25. The zero-order valence-corrected chi connectivity index (χ0v) is 4.91. The predicted molar refractivity (Wildman–Crippen MR) is 29.9 cm³/mol. The van der Waals surface area contributed by atoms with Crippen LogP contribution in [0.5, 0.6) is 0 Å². The number of hydrogen-bond acceptors (Lipinski definition) is 0. The Bertz CT molecular complexity index is 41.6. The molecule has 1 fully saturated rings. The Morgan fingerprint density at radius 3 is 1.40 bits per heavy atom. The summed E-state index contributed by atoms with van der Waals surface area (Å²) in [4.78, 5) is 0. The maximum absolute atomic E-state index is 2.44. The molecule has 1 heterocycles. The van der Waals surface area contributed by atoms with E-state index in [2.05, 4.69) is 13.3 Å². The van der Waals surface area contributed by atoms with E-state index in [9.17, 15) is 0 Å². The van der Waals surface area contributed by atoms with Crippen LogP contribution in [0.4, 0.5) is 0 Å². The molecule has 1 rings (SSSR count). The van der Waals surface area contributed by atoms with E-state index in [-0.39, 0.29) is 7.26 Å². The van der Waals surface area contributed by atoms with E-state index in [1.807, 2.05) is 0 Å². The third-order valence-corrected chi connectivity index (χ3v) is 3.75. The van der Waals surface area contributed by atoms with Crippen molar-refractivity contribution < 1.29 is 0 Å². The molecule has 0 amide bonds. The molecule has 0 bridgehead atoms. The molecule has 1 aliphatic heterocycles. The first-order chi connectivity index (χ1) is 2.21. The van der Waals surface area contributed by atoms with Gasteiger partial charge in [0.2, 0.25) is 0 Å². The topological polar surface area (TPSA) is 0 Å². The van der Waals surface area contributed by atoms with Crippen LogP contribution >= 0.6 is 7.26 Å². The molecule has 32 valence electrons. The van der Waals surface area contributed by atoms with Crippen molar-refractivity contribution >= 4 is 7.26 Å². The van der Waals surface area contributed by atoms with E-state index in [1.165, 1.54) is 0 Å². The van der Waals surface area contributed by atoms with Crippen LogP contribution < -0.4 is 0 Å². The zero-order valence-electron chi connectivity index (χ0n) is 3.91. The SMILES string of the molecule is C[PH]1(C)CC1. The fraction of sp³-hybridized carbons (Fsp3) is 1.00. The van der Waals surface area contributed by atoms with E-state index in [1.54, 1.807) is 12.3 Å². The van der Waals surface area contributed by atoms with Crippen LogP contribution in [-0.2, 0) is 0 Å². The molecule has 1 aliphatic rings. The Morgan fingerprint density at radius 2 is 1.40 bits per heavy atom. The average Bonchev–Trinajstić information content (AvgIpc) is 1.76. The minimum absolute atomic E-state index is 0.361. The minimum atomic E-state index is -0.361. The van der Waals surface area contributed by atoms with Crippen LogP contribution in [-0.4, -0.2) is 25.7 Å². The van der Waals surface area contributed by atoms with Crippen LogP contribution in [0.2, 0.25) is 0 Å². The third kappa shape index (κ3) is 0.887. The van der Waals surface area contributed by atoms with Crippen molar-refractivity contribution in [3.63, 3.8) is 0 Å². The van der Waals surface area contributed by atoms with Crippen molar-refractivity contribution in [3.05, 3.63) is 0 Å². The Kier molecular flexibility index (Phi) is 0.530. The summed E-state index contributed by atoms with van der Waals surface area (Å²) in [5, 5.41) is 0. The zero-order chi connectivity index (χ0) is 3.91. The Hall–Kier alpha value is 0.430. The summed E-state index contributed by atoms with van der Waals surface area (Å²) in [5.41, 5.74) is 0. The van der Waals surface area contributed by atoms with Crippen molar-refractivity contribution in [2.75, 3.05) is 25.7 Å². The normalized spacial score (nSPS) is 36.4. The Balaban J connectivity index is 2.38. The molecular formula is C4H11P. The van der Waals surface area contributed by atoms with Gasteiger partial charge in [-0.15, -0.1) is 0 Å². The second kappa shape index (κ2) is 0.733. The molecule has 0 aliphatic carbocycles. The first kappa shape index (κ1) is 3.61. The van der Waals surface area contributed by atoms with Crippen LogP contribution in [0.1, 0.15) is 0 Å². The van der Waals surface area contributed by atoms with Gasteiger partial charge in [0.25, 0.3) is 0 Å². The van der Waals surface area contributed by atoms with E-state index in [0.717, 1.165) is 0 Å². The summed E-state index contributed by atoms with van der Waals surface area (Å²) >= 11 is 0. The summed E-state index contributed by atoms with van der Waals surface area (Å²) in [6.07, 6.45) is 3.18. The Morgan fingerprint density at radius 1 is 1.20 bits per heavy atom. The van der Waals surface area contributed by atoms with Gasteiger partial charge < -0.3 is 0 Å². The molecule has 0 spiro atoms. The molecule has 0 N–H and O–H groups in total. The molecule has 0 saturated carbocycles. The van der Waals surface area contributed by atoms with E-state index >= 15 is 0 Å². The maximum atomic E-state index is 2.44. The molecule has 0 nitrogen and oxygen atoms in total. The molecule has 0 aromatic carbocycles. The van der Waals surface area contributed by atoms with Crippen LogP contribution in [0.25, 0.3) is 0 Å². The summed E-state index contributed by atoms with van der Waals surface area (Å²) in [5.74, 6) is 0. The van der Waals surface area contributed by atoms with Gasteiger partial charge in [-0.3, -0.25) is 0 Å². The molecule has 0 aromatic heterocycles. The van der Waals surface area contributed by atoms with Gasteiger partial charge in [0.05, 0.1) is 0 Å². The molecule has 1 heteroatoms. The molecule has 0 radical (unpaired) electrons. The van der Waals surface area contributed by atoms with Gasteiger partial charge in [0.15, 0.2) is 0 Å². The molecule has 1 saturated heterocycles. The van der Waals surface area contributed by atoms with Gasteiger partial charge in [-0.25, -0.2) is 0 Å². The standard InChI is InChI=1S/C4H11P/c1-5(2)3-4-5/h5H,3-4H2,1-2H3. The quantitative estimate of drug-likeness (QED) is 0.389. The molecule has 5 heavy (non-hydrogen) atoms. The molecular weight excluding hydrogens is 79.0 g/mol. The second-order valence-electron chi connectivity index (χ2n) is 2.66. The molecule has 0 atom stereocenters. The summed E-state index contributed by atoms with van der Waals surface area (Å²) in [6.45, 7) is 4.88. The van der Waals surface area contributed by atoms with Crippen molar-refractivity contribution in [3.8, 4) is 0 Å². The Labute approximate surface area is 33.9 Å². The number of hydrogen-bond donors (Lipinski definition) is 0. The van der Waals surface area contributed by atoms with Gasteiger partial charge in [0.1, 0.15) is 0 Å². The number of rotatable bonds is 0. The van der Waals surface area contributed by atoms with Gasteiger partial charge >= 0.3 is 32.9 Å². The van der Waals surface area contributed by atoms with Crippen molar-refractivity contribution in [2.24, 2.45) is 0 Å². The fourth-order valence-electron chi connectivity index (χ4n) is 0.250. The summed E-state index contributed by atoms with van der Waals surface area (Å²) < 4.78 is 0. The first-order valence-electron chi connectivity index (χ1n) is 2.21. The monoisotopic (exact) mass is 90.1 g/mol. The molecule has 0 unspecified atom stereocenters. The van der Waals surface area contributed by atoms with E-state index in [4.69, 9.17) is 0 Å². The predicted octanol–water partition coefficient (Wildman–Crippen LogP) is 1.01. The third-order valence-electron chi connectivity index (χ3n) is 1.25. The van der Waals surface area contributed by atoms with Crippen molar-refractivity contribution in [1.29, 1.82) is 0 Å².